The molecule has 0 saturated carbocycles. The number of hydrogen-bond acceptors (Lipinski definition) is 4. The van der Waals surface area contributed by atoms with Gasteiger partial charge in [0.15, 0.2) is 0 Å². The number of carbonyl (C=O) groups is 2. The van der Waals surface area contributed by atoms with Crippen molar-refractivity contribution >= 4 is 23.6 Å². The monoisotopic (exact) mass is 317 g/mol. The van der Waals surface area contributed by atoms with E-state index >= 15 is 0 Å². The molecule has 1 unspecified atom stereocenters. The van der Waals surface area contributed by atoms with E-state index in [9.17, 15) is 18.4 Å². The van der Waals surface area contributed by atoms with Crippen LogP contribution in [0, 0.1) is 5.92 Å². The third-order valence-corrected chi connectivity index (χ3v) is 3.62. The minimum Gasteiger partial charge on any atom is -0.469 e. The summed E-state index contributed by atoms with van der Waals surface area (Å²) in [5.41, 5.74) is 0.197. The predicted octanol–water partition coefficient (Wildman–Crippen LogP) is 2.88. The van der Waals surface area contributed by atoms with Crippen LogP contribution in [0.5, 0.6) is 0 Å². The van der Waals surface area contributed by atoms with Gasteiger partial charge in [-0.1, -0.05) is 30.8 Å². The molecule has 0 aliphatic carbocycles. The van der Waals surface area contributed by atoms with Gasteiger partial charge in [-0.15, -0.1) is 0 Å². The van der Waals surface area contributed by atoms with Crippen LogP contribution in [0.3, 0.4) is 0 Å². The van der Waals surface area contributed by atoms with E-state index in [0.29, 0.717) is 11.8 Å². The second-order valence-corrected chi connectivity index (χ2v) is 5.52. The van der Waals surface area contributed by atoms with Crippen molar-refractivity contribution in [1.29, 1.82) is 0 Å². The van der Waals surface area contributed by atoms with Crippen molar-refractivity contribution in [3.63, 3.8) is 0 Å². The Bertz CT molecular complexity index is 511. The molecule has 0 heterocycles. The van der Waals surface area contributed by atoms with Crippen LogP contribution >= 0.6 is 11.8 Å². The number of nitrogens with zero attached hydrogens (tertiary/aromatic N) is 1. The van der Waals surface area contributed by atoms with Crippen LogP contribution in [-0.4, -0.2) is 43.2 Å². The molecule has 7 heteroatoms. The van der Waals surface area contributed by atoms with Crippen molar-refractivity contribution in [2.75, 3.05) is 20.7 Å². The van der Waals surface area contributed by atoms with Gasteiger partial charge in [-0.05, 0) is 12.1 Å². The number of amides is 1. The summed E-state index contributed by atoms with van der Waals surface area (Å²) in [6, 6.07) is 6.17. The Labute approximate surface area is 126 Å². The first-order valence-electron chi connectivity index (χ1n) is 6.24. The molecule has 0 bridgehead atoms. The van der Waals surface area contributed by atoms with Crippen LogP contribution in [0.2, 0.25) is 0 Å². The number of alkyl halides is 2. The summed E-state index contributed by atoms with van der Waals surface area (Å²) in [5.74, 6) is -3.92. The molecule has 1 amide bonds. The van der Waals surface area contributed by atoms with Crippen LogP contribution < -0.4 is 0 Å². The number of esters is 1. The predicted molar refractivity (Wildman–Crippen MR) is 76.4 cm³/mol. The van der Waals surface area contributed by atoms with E-state index in [1.165, 1.54) is 31.2 Å². The van der Waals surface area contributed by atoms with E-state index in [-0.39, 0.29) is 17.0 Å². The Morgan fingerprint density at radius 1 is 1.33 bits per heavy atom. The zero-order chi connectivity index (χ0) is 16.0. The zero-order valence-corrected chi connectivity index (χ0v) is 12.8. The first-order chi connectivity index (χ1) is 9.86. The van der Waals surface area contributed by atoms with Gasteiger partial charge in [-0.3, -0.25) is 9.59 Å². The highest BCUT2D eigenvalue weighted by molar-refractivity contribution is 7.99. The summed E-state index contributed by atoms with van der Waals surface area (Å²) in [5, 5.41) is 0. The van der Waals surface area contributed by atoms with Gasteiger partial charge in [0.25, 0.3) is 11.7 Å². The van der Waals surface area contributed by atoms with Crippen LogP contribution in [0.15, 0.2) is 29.2 Å². The summed E-state index contributed by atoms with van der Waals surface area (Å²) in [6.07, 6.45) is 0. The van der Waals surface area contributed by atoms with Gasteiger partial charge >= 0.3 is 5.97 Å². The zero-order valence-electron chi connectivity index (χ0n) is 12.0. The minimum atomic E-state index is -2.60. The smallest absolute Gasteiger partial charge is 0.310 e. The van der Waals surface area contributed by atoms with Gasteiger partial charge in [-0.2, -0.15) is 8.78 Å². The molecule has 21 heavy (non-hydrogen) atoms. The van der Waals surface area contributed by atoms with Crippen LogP contribution in [0.25, 0.3) is 0 Å². The number of methoxy groups -OCH3 is 1. The van der Waals surface area contributed by atoms with Gasteiger partial charge < -0.3 is 9.64 Å². The average molecular weight is 317 g/mol. The molecule has 0 N–H and O–H groups in total. The normalized spacial score (nSPS) is 12.1. The number of halogens is 2. The number of hydrogen-bond donors (Lipinski definition) is 0. The third-order valence-electron chi connectivity index (χ3n) is 2.83. The molecule has 0 spiro atoms. The lowest BCUT2D eigenvalue weighted by Crippen LogP contribution is -2.34. The van der Waals surface area contributed by atoms with Crippen LogP contribution in [0.1, 0.15) is 17.3 Å². The molecule has 0 radical (unpaired) electrons. The van der Waals surface area contributed by atoms with Crippen molar-refractivity contribution in [3.05, 3.63) is 29.8 Å². The van der Waals surface area contributed by atoms with Crippen molar-refractivity contribution in [2.24, 2.45) is 5.92 Å². The second kappa shape index (κ2) is 7.97. The van der Waals surface area contributed by atoms with Crippen LogP contribution in [-0.2, 0) is 9.53 Å². The Morgan fingerprint density at radius 3 is 2.52 bits per heavy atom. The second-order valence-electron chi connectivity index (χ2n) is 4.48. The largest absolute Gasteiger partial charge is 0.469 e. The third kappa shape index (κ3) is 5.00. The summed E-state index contributed by atoms with van der Waals surface area (Å²) in [4.78, 5) is 25.2. The molecule has 1 aromatic carbocycles. The fraction of sp³-hybridized carbons (Fsp3) is 0.429. The summed E-state index contributed by atoms with van der Waals surface area (Å²) in [7, 11) is 2.79. The van der Waals surface area contributed by atoms with Crippen molar-refractivity contribution in [2.45, 2.75) is 17.6 Å². The molecule has 0 aliphatic heterocycles. The Morgan fingerprint density at radius 2 is 1.95 bits per heavy atom. The molecular formula is C14H17F2NO3S. The molecule has 0 saturated heterocycles. The minimum absolute atomic E-state index is 0.152. The number of thioether (sulfide) groups is 1. The van der Waals surface area contributed by atoms with E-state index < -0.39 is 23.6 Å². The quantitative estimate of drug-likeness (QED) is 0.598. The van der Waals surface area contributed by atoms with Gasteiger partial charge in [0, 0.05) is 18.5 Å². The van der Waals surface area contributed by atoms with Gasteiger partial charge in [0.1, 0.15) is 0 Å². The topological polar surface area (TPSA) is 46.6 Å². The molecule has 0 fully saturated rings. The highest BCUT2D eigenvalue weighted by Crippen LogP contribution is 2.29. The fourth-order valence-electron chi connectivity index (χ4n) is 1.82. The maximum Gasteiger partial charge on any atom is 0.310 e. The van der Waals surface area contributed by atoms with E-state index in [1.54, 1.807) is 19.1 Å². The SMILES string of the molecule is COC(=O)C(C)CN(C)C(=O)c1ccccc1SC(F)F. The number of benzene rings is 1. The fourth-order valence-corrected chi connectivity index (χ4v) is 2.45. The lowest BCUT2D eigenvalue weighted by atomic mass is 10.1. The van der Waals surface area contributed by atoms with E-state index in [0.717, 1.165) is 0 Å². The lowest BCUT2D eigenvalue weighted by molar-refractivity contribution is -0.145. The van der Waals surface area contributed by atoms with Gasteiger partial charge in [0.05, 0.1) is 18.6 Å². The maximum absolute atomic E-state index is 12.5. The maximum atomic E-state index is 12.5. The standard InChI is InChI=1S/C14H17F2NO3S/c1-9(13(19)20-3)8-17(2)12(18)10-6-4-5-7-11(10)21-14(15)16/h4-7,9,14H,8H2,1-3H3. The molecule has 0 aliphatic rings. The number of ether oxygens (including phenoxy) is 1. The van der Waals surface area contributed by atoms with Crippen LogP contribution in [0.4, 0.5) is 8.78 Å². The first kappa shape index (κ1) is 17.4. The van der Waals surface area contributed by atoms with Gasteiger partial charge in [-0.25, -0.2) is 0 Å². The van der Waals surface area contributed by atoms with Crippen molar-refractivity contribution in [1.82, 2.24) is 4.90 Å². The summed E-state index contributed by atoms with van der Waals surface area (Å²) >= 11 is 0.328. The van der Waals surface area contributed by atoms with E-state index in [1.807, 2.05) is 0 Å². The van der Waals surface area contributed by atoms with Gasteiger partial charge in [0.2, 0.25) is 0 Å². The molecule has 4 nitrogen and oxygen atoms in total. The molecule has 1 atom stereocenters. The molecule has 116 valence electrons. The number of rotatable bonds is 6. The lowest BCUT2D eigenvalue weighted by Gasteiger charge is -2.21. The average Bonchev–Trinajstić information content (AvgIpc) is 2.45. The highest BCUT2D eigenvalue weighted by Gasteiger charge is 2.22. The molecular weight excluding hydrogens is 300 g/mol. The Kier molecular flexibility index (Phi) is 6.61. The van der Waals surface area contributed by atoms with Crippen molar-refractivity contribution in [3.8, 4) is 0 Å². The summed E-state index contributed by atoms with van der Waals surface area (Å²) in [6.45, 7) is 1.79. The highest BCUT2D eigenvalue weighted by atomic mass is 32.2. The number of carbonyl (C=O) groups excluding carboxylic acids is 2. The Hall–Kier alpha value is -1.63. The summed E-state index contributed by atoms with van der Waals surface area (Å²) < 4.78 is 29.6. The first-order valence-corrected chi connectivity index (χ1v) is 7.12. The Balaban J connectivity index is 2.85. The van der Waals surface area contributed by atoms with Crippen molar-refractivity contribution < 1.29 is 23.1 Å². The van der Waals surface area contributed by atoms with E-state index in [4.69, 9.17) is 0 Å². The molecule has 1 rings (SSSR count). The van der Waals surface area contributed by atoms with E-state index in [2.05, 4.69) is 4.74 Å². The molecule has 1 aromatic rings. The molecule has 0 aromatic heterocycles.